The van der Waals surface area contributed by atoms with Crippen molar-refractivity contribution in [2.75, 3.05) is 12.8 Å². The highest BCUT2D eigenvalue weighted by atomic mass is 16.7. The van der Waals surface area contributed by atoms with E-state index >= 15 is 0 Å². The number of imide groups is 1. The first-order valence-corrected chi connectivity index (χ1v) is 10.3. The van der Waals surface area contributed by atoms with Crippen molar-refractivity contribution in [1.82, 2.24) is 9.63 Å². The highest BCUT2D eigenvalue weighted by Gasteiger charge is 2.33. The zero-order valence-corrected chi connectivity index (χ0v) is 18.6. The van der Waals surface area contributed by atoms with Gasteiger partial charge in [-0.15, -0.1) is 5.06 Å². The lowest BCUT2D eigenvalue weighted by molar-refractivity contribution is -0.197. The van der Waals surface area contributed by atoms with Crippen LogP contribution in [0.5, 0.6) is 0 Å². The van der Waals surface area contributed by atoms with E-state index in [1.807, 2.05) is 6.07 Å². The van der Waals surface area contributed by atoms with Crippen LogP contribution >= 0.6 is 0 Å². The fourth-order valence-corrected chi connectivity index (χ4v) is 3.79. The number of amides is 2. The summed E-state index contributed by atoms with van der Waals surface area (Å²) in [5.41, 5.74) is 5.99. The molecular weight excluding hydrogens is 460 g/mol. The maximum absolute atomic E-state index is 12.7. The van der Waals surface area contributed by atoms with Gasteiger partial charge in [-0.1, -0.05) is 0 Å². The maximum atomic E-state index is 12.7. The van der Waals surface area contributed by atoms with Crippen LogP contribution in [0.25, 0.3) is 16.7 Å². The number of nitriles is 1. The SMILES string of the molecule is COC(=O)c1c(N)c(C#N)cn1-c1ccc2c(C)c(CC(=O)ON3C(=O)CCC3=O)c(=O)oc2c1. The minimum absolute atomic E-state index is 0.00145. The number of rotatable bonds is 5. The number of anilines is 1. The second kappa shape index (κ2) is 8.79. The highest BCUT2D eigenvalue weighted by Crippen LogP contribution is 2.28. The molecule has 2 N–H and O–H groups in total. The number of carbonyl (C=O) groups excluding carboxylic acids is 4. The molecule has 0 radical (unpaired) electrons. The second-order valence-electron chi connectivity index (χ2n) is 7.67. The summed E-state index contributed by atoms with van der Waals surface area (Å²) in [4.78, 5) is 65.3. The van der Waals surface area contributed by atoms with Crippen LogP contribution in [0.1, 0.15) is 40.0 Å². The van der Waals surface area contributed by atoms with Crippen LogP contribution in [-0.2, 0) is 30.4 Å². The lowest BCUT2D eigenvalue weighted by Gasteiger charge is -2.14. The van der Waals surface area contributed by atoms with E-state index in [2.05, 4.69) is 0 Å². The van der Waals surface area contributed by atoms with Gasteiger partial charge in [0.05, 0.1) is 30.3 Å². The van der Waals surface area contributed by atoms with Crippen molar-refractivity contribution >= 4 is 40.4 Å². The van der Waals surface area contributed by atoms with Gasteiger partial charge >= 0.3 is 17.6 Å². The van der Waals surface area contributed by atoms with E-state index in [4.69, 9.17) is 19.7 Å². The van der Waals surface area contributed by atoms with E-state index in [0.29, 0.717) is 21.7 Å². The van der Waals surface area contributed by atoms with Gasteiger partial charge in [-0.05, 0) is 24.6 Å². The molecule has 3 aromatic rings. The number of methoxy groups -OCH3 is 1. The Labute approximate surface area is 197 Å². The summed E-state index contributed by atoms with van der Waals surface area (Å²) in [6.07, 6.45) is 0.743. The number of hydrogen-bond acceptors (Lipinski definition) is 10. The molecule has 0 atom stereocenters. The molecule has 1 aromatic carbocycles. The molecule has 1 aliphatic heterocycles. The van der Waals surface area contributed by atoms with E-state index in [-0.39, 0.29) is 40.9 Å². The normalized spacial score (nSPS) is 13.2. The smallest absolute Gasteiger partial charge is 0.357 e. The predicted molar refractivity (Wildman–Crippen MR) is 118 cm³/mol. The number of hydrogen-bond donors (Lipinski definition) is 1. The average molecular weight is 478 g/mol. The number of nitrogens with zero attached hydrogens (tertiary/aromatic N) is 3. The van der Waals surface area contributed by atoms with E-state index in [0.717, 1.165) is 0 Å². The molecule has 2 amide bonds. The summed E-state index contributed by atoms with van der Waals surface area (Å²) in [6, 6.07) is 6.58. The average Bonchev–Trinajstić information content (AvgIpc) is 3.34. The first kappa shape index (κ1) is 23.2. The van der Waals surface area contributed by atoms with Crippen LogP contribution in [0.3, 0.4) is 0 Å². The number of nitrogens with two attached hydrogens (primary N) is 1. The Morgan fingerprint density at radius 2 is 1.89 bits per heavy atom. The van der Waals surface area contributed by atoms with Crippen LogP contribution in [0.2, 0.25) is 0 Å². The van der Waals surface area contributed by atoms with Crippen LogP contribution in [0.15, 0.2) is 33.6 Å². The van der Waals surface area contributed by atoms with Crippen molar-refractivity contribution in [3.05, 3.63) is 57.2 Å². The molecule has 12 nitrogen and oxygen atoms in total. The van der Waals surface area contributed by atoms with E-state index < -0.39 is 35.8 Å². The van der Waals surface area contributed by atoms with Gasteiger partial charge in [-0.2, -0.15) is 5.26 Å². The van der Waals surface area contributed by atoms with Crippen molar-refractivity contribution in [2.45, 2.75) is 26.2 Å². The summed E-state index contributed by atoms with van der Waals surface area (Å²) >= 11 is 0. The van der Waals surface area contributed by atoms with E-state index in [1.54, 1.807) is 19.1 Å². The van der Waals surface area contributed by atoms with Gasteiger partial charge in [0.25, 0.3) is 11.8 Å². The van der Waals surface area contributed by atoms with Crippen molar-refractivity contribution in [2.24, 2.45) is 0 Å². The molecule has 3 heterocycles. The molecular formula is C23H18N4O8. The van der Waals surface area contributed by atoms with E-state index in [9.17, 15) is 29.2 Å². The van der Waals surface area contributed by atoms with Crippen LogP contribution < -0.4 is 11.4 Å². The molecule has 2 aromatic heterocycles. The second-order valence-corrected chi connectivity index (χ2v) is 7.67. The Hall–Kier alpha value is -4.92. The van der Waals surface area contributed by atoms with Gasteiger partial charge in [0.15, 0.2) is 5.69 Å². The first-order chi connectivity index (χ1) is 16.7. The predicted octanol–water partition coefficient (Wildman–Crippen LogP) is 1.28. The molecule has 0 bridgehead atoms. The van der Waals surface area contributed by atoms with Gasteiger partial charge in [0.2, 0.25) is 0 Å². The number of aryl methyl sites for hydroxylation is 1. The lowest BCUT2D eigenvalue weighted by atomic mass is 10.0. The fraction of sp³-hybridized carbons (Fsp3) is 0.217. The Morgan fingerprint density at radius 1 is 1.20 bits per heavy atom. The van der Waals surface area contributed by atoms with Gasteiger partial charge in [0, 0.05) is 36.2 Å². The third-order valence-electron chi connectivity index (χ3n) is 5.61. The largest absolute Gasteiger partial charge is 0.464 e. The summed E-state index contributed by atoms with van der Waals surface area (Å²) in [6.45, 7) is 1.61. The van der Waals surface area contributed by atoms with Crippen molar-refractivity contribution in [3.63, 3.8) is 0 Å². The number of esters is 1. The maximum Gasteiger partial charge on any atom is 0.357 e. The number of hydroxylamine groups is 2. The minimum Gasteiger partial charge on any atom is -0.464 e. The van der Waals surface area contributed by atoms with Crippen LogP contribution in [0, 0.1) is 18.3 Å². The Bertz CT molecular complexity index is 1510. The molecule has 1 saturated heterocycles. The standard InChI is InChI=1S/C23H18N4O8/c1-11-14-4-3-13(26-10-12(9-24)20(25)21(26)23(32)33-2)7-16(14)34-22(31)15(11)8-19(30)35-27-17(28)5-6-18(27)29/h3-4,7,10H,5-6,8,25H2,1-2H3. The molecule has 35 heavy (non-hydrogen) atoms. The summed E-state index contributed by atoms with van der Waals surface area (Å²) in [5.74, 6) is -2.98. The van der Waals surface area contributed by atoms with Crippen molar-refractivity contribution in [3.8, 4) is 11.8 Å². The quantitative estimate of drug-likeness (QED) is 0.319. The molecule has 0 unspecified atom stereocenters. The molecule has 4 rings (SSSR count). The van der Waals surface area contributed by atoms with Crippen LogP contribution in [0.4, 0.5) is 5.69 Å². The minimum atomic E-state index is -0.963. The number of fused-ring (bicyclic) bond motifs is 1. The number of aromatic nitrogens is 1. The number of benzene rings is 1. The van der Waals surface area contributed by atoms with Gasteiger partial charge in [-0.3, -0.25) is 9.59 Å². The Balaban J connectivity index is 1.71. The van der Waals surface area contributed by atoms with Gasteiger partial charge in [-0.25, -0.2) is 14.4 Å². The molecule has 178 valence electrons. The summed E-state index contributed by atoms with van der Waals surface area (Å²) in [7, 11) is 1.18. The molecule has 0 aliphatic carbocycles. The Morgan fingerprint density at radius 3 is 2.51 bits per heavy atom. The topological polar surface area (TPSA) is 175 Å². The first-order valence-electron chi connectivity index (χ1n) is 10.3. The molecule has 0 saturated carbocycles. The van der Waals surface area contributed by atoms with Gasteiger partial charge in [0.1, 0.15) is 11.7 Å². The van der Waals surface area contributed by atoms with Gasteiger partial charge < -0.3 is 24.3 Å². The molecule has 1 aliphatic rings. The number of carbonyl (C=O) groups is 4. The van der Waals surface area contributed by atoms with Crippen molar-refractivity contribution < 1.29 is 33.2 Å². The third kappa shape index (κ3) is 3.99. The number of nitrogen functional groups attached to an aromatic ring is 1. The summed E-state index contributed by atoms with van der Waals surface area (Å²) in [5, 5.41) is 10.2. The number of ether oxygens (including phenoxy) is 1. The molecule has 1 fully saturated rings. The zero-order valence-electron chi connectivity index (χ0n) is 18.6. The Kier molecular flexibility index (Phi) is 5.84. The lowest BCUT2D eigenvalue weighted by Crippen LogP contribution is -2.33. The highest BCUT2D eigenvalue weighted by molar-refractivity contribution is 6.01. The van der Waals surface area contributed by atoms with E-state index in [1.165, 1.54) is 23.9 Å². The zero-order chi connectivity index (χ0) is 25.4. The summed E-state index contributed by atoms with van der Waals surface area (Å²) < 4.78 is 11.5. The fourth-order valence-electron chi connectivity index (χ4n) is 3.79. The van der Waals surface area contributed by atoms with Crippen LogP contribution in [-0.4, -0.2) is 40.5 Å². The molecule has 12 heteroatoms. The van der Waals surface area contributed by atoms with Crippen molar-refractivity contribution in [1.29, 1.82) is 5.26 Å². The third-order valence-corrected chi connectivity index (χ3v) is 5.61. The monoisotopic (exact) mass is 478 g/mol. The molecule has 0 spiro atoms.